The minimum Gasteiger partial charge on any atom is -0.222 e. The highest BCUT2D eigenvalue weighted by atomic mass is 32.2. The Kier molecular flexibility index (Phi) is 12.9. The number of unbranched alkanes of at least 4 members (excludes halogenated alkanes) is 13. The molecule has 4 heteroatoms. The topological polar surface area (TPSA) is 34.1 Å². The van der Waals surface area contributed by atoms with Crippen LogP contribution in [0.5, 0.6) is 0 Å². The predicted molar refractivity (Wildman–Crippen MR) is 130 cm³/mol. The number of hydrogen-bond acceptors (Lipinski definition) is 2. The second-order valence-electron chi connectivity index (χ2n) is 9.80. The van der Waals surface area contributed by atoms with E-state index in [9.17, 15) is 8.42 Å². The first-order chi connectivity index (χ1) is 14.2. The van der Waals surface area contributed by atoms with Crippen LogP contribution in [0.25, 0.3) is 0 Å². The predicted octanol–water partition coefficient (Wildman–Crippen LogP) is 7.41. The molecule has 0 aliphatic carbocycles. The van der Waals surface area contributed by atoms with Crippen LogP contribution in [0.15, 0.2) is 23.1 Å². The number of rotatable bonds is 17. The number of quaternary nitrogens is 1. The van der Waals surface area contributed by atoms with E-state index in [-0.39, 0.29) is 3.89 Å². The van der Waals surface area contributed by atoms with Crippen molar-refractivity contribution >= 4 is 10.0 Å². The third-order valence-corrected chi connectivity index (χ3v) is 8.43. The Hall–Kier alpha value is -0.870. The van der Waals surface area contributed by atoms with E-state index in [4.69, 9.17) is 0 Å². The molecule has 0 bridgehead atoms. The SMILES string of the molecule is CCCCCCCCCCCCCCCCc1cc(S(=O)(=O)[N+](C)(C)C)ccc1C. The van der Waals surface area contributed by atoms with Crippen LogP contribution in [0.2, 0.25) is 0 Å². The Balaban J connectivity index is 2.18. The van der Waals surface area contributed by atoms with E-state index in [1.54, 1.807) is 27.2 Å². The number of nitrogens with zero attached hydrogens (tertiary/aromatic N) is 1. The summed E-state index contributed by atoms with van der Waals surface area (Å²) in [7, 11) is 1.80. The van der Waals surface area contributed by atoms with Crippen molar-refractivity contribution in [3.63, 3.8) is 0 Å². The molecule has 0 aliphatic rings. The molecule has 0 atom stereocenters. The summed E-state index contributed by atoms with van der Waals surface area (Å²) in [6.07, 6.45) is 20.0. The summed E-state index contributed by atoms with van der Waals surface area (Å²) < 4.78 is 25.3. The molecule has 0 aliphatic heterocycles. The molecule has 3 nitrogen and oxygen atoms in total. The standard InChI is InChI=1S/C26H48NO2S/c1-6-7-8-9-10-11-12-13-14-15-16-17-18-19-20-25-23-26(22-21-24(25)2)30(28,29)27(3,4)5/h21-23H,6-20H2,1-5H3/q+1. The second kappa shape index (κ2) is 14.2. The highest BCUT2D eigenvalue weighted by molar-refractivity contribution is 7.85. The molecule has 0 N–H and O–H groups in total. The van der Waals surface area contributed by atoms with Crippen molar-refractivity contribution in [3.05, 3.63) is 29.3 Å². The van der Waals surface area contributed by atoms with Crippen LogP contribution in [-0.2, 0) is 16.4 Å². The van der Waals surface area contributed by atoms with Crippen LogP contribution in [0, 0.1) is 6.92 Å². The summed E-state index contributed by atoms with van der Waals surface area (Å²) in [5.74, 6) is 0. The van der Waals surface area contributed by atoms with Gasteiger partial charge in [0.2, 0.25) is 0 Å². The van der Waals surface area contributed by atoms with Crippen LogP contribution in [0.3, 0.4) is 0 Å². The zero-order valence-corrected chi connectivity index (χ0v) is 21.3. The molecule has 0 aromatic heterocycles. The summed E-state index contributed by atoms with van der Waals surface area (Å²) in [4.78, 5) is 0.445. The smallest absolute Gasteiger partial charge is 0.222 e. The van der Waals surface area contributed by atoms with Crippen molar-refractivity contribution in [1.29, 1.82) is 0 Å². The molecular weight excluding hydrogens is 390 g/mol. The first-order valence-electron chi connectivity index (χ1n) is 12.4. The van der Waals surface area contributed by atoms with Crippen molar-refractivity contribution in [1.82, 2.24) is 0 Å². The van der Waals surface area contributed by atoms with E-state index in [0.717, 1.165) is 12.8 Å². The van der Waals surface area contributed by atoms with Gasteiger partial charge >= 0.3 is 10.0 Å². The van der Waals surface area contributed by atoms with Crippen molar-refractivity contribution < 1.29 is 12.3 Å². The lowest BCUT2D eigenvalue weighted by atomic mass is 10.0. The van der Waals surface area contributed by atoms with E-state index < -0.39 is 10.0 Å². The molecule has 1 rings (SSSR count). The first kappa shape index (κ1) is 27.2. The molecule has 0 heterocycles. The van der Waals surface area contributed by atoms with Crippen LogP contribution in [-0.4, -0.2) is 33.4 Å². The molecule has 0 saturated carbocycles. The average Bonchev–Trinajstić information content (AvgIpc) is 2.68. The molecule has 0 fully saturated rings. The van der Waals surface area contributed by atoms with Gasteiger partial charge in [0.25, 0.3) is 0 Å². The zero-order chi connectivity index (χ0) is 22.5. The fourth-order valence-corrected chi connectivity index (χ4v) is 5.07. The van der Waals surface area contributed by atoms with Gasteiger partial charge in [-0.05, 0) is 43.0 Å². The van der Waals surface area contributed by atoms with Crippen LogP contribution < -0.4 is 0 Å². The van der Waals surface area contributed by atoms with Gasteiger partial charge in [0.1, 0.15) is 4.90 Å². The van der Waals surface area contributed by atoms with Gasteiger partial charge < -0.3 is 0 Å². The Morgan fingerprint density at radius 1 is 0.700 bits per heavy atom. The fourth-order valence-electron chi connectivity index (χ4n) is 3.90. The quantitative estimate of drug-likeness (QED) is 0.187. The first-order valence-corrected chi connectivity index (χ1v) is 13.8. The number of benzene rings is 1. The minimum absolute atomic E-state index is 0.0750. The van der Waals surface area contributed by atoms with Gasteiger partial charge in [0.05, 0.1) is 21.1 Å². The maximum atomic E-state index is 12.7. The monoisotopic (exact) mass is 438 g/mol. The third kappa shape index (κ3) is 9.96. The summed E-state index contributed by atoms with van der Waals surface area (Å²) in [5, 5.41) is 0. The van der Waals surface area contributed by atoms with Crippen molar-refractivity contribution in [2.75, 3.05) is 21.1 Å². The van der Waals surface area contributed by atoms with Gasteiger partial charge in [0, 0.05) is 0 Å². The van der Waals surface area contributed by atoms with E-state index in [1.165, 1.54) is 94.6 Å². The lowest BCUT2D eigenvalue weighted by Gasteiger charge is -2.23. The summed E-state index contributed by atoms with van der Waals surface area (Å²) in [6, 6.07) is 5.61. The zero-order valence-electron chi connectivity index (χ0n) is 20.5. The normalized spacial score (nSPS) is 12.4. The van der Waals surface area contributed by atoms with E-state index in [1.807, 2.05) is 12.1 Å². The summed E-state index contributed by atoms with van der Waals surface area (Å²) >= 11 is 0. The van der Waals surface area contributed by atoms with Crippen LogP contribution in [0.1, 0.15) is 108 Å². The van der Waals surface area contributed by atoms with Crippen molar-refractivity contribution in [2.45, 2.75) is 115 Å². The minimum atomic E-state index is -3.34. The Morgan fingerprint density at radius 2 is 1.13 bits per heavy atom. The second-order valence-corrected chi connectivity index (χ2v) is 12.3. The van der Waals surface area contributed by atoms with Crippen LogP contribution >= 0.6 is 0 Å². The number of aryl methyl sites for hydroxylation is 2. The lowest BCUT2D eigenvalue weighted by Crippen LogP contribution is -2.41. The molecule has 0 amide bonds. The Labute approximate surface area is 187 Å². The molecule has 1 aromatic rings. The summed E-state index contributed by atoms with van der Waals surface area (Å²) in [6.45, 7) is 4.36. The lowest BCUT2D eigenvalue weighted by molar-refractivity contribution is -0.739. The third-order valence-electron chi connectivity index (χ3n) is 6.14. The number of hydrogen-bond donors (Lipinski definition) is 0. The van der Waals surface area contributed by atoms with Crippen LogP contribution in [0.4, 0.5) is 0 Å². The maximum Gasteiger partial charge on any atom is 0.326 e. The molecule has 1 aromatic carbocycles. The highest BCUT2D eigenvalue weighted by Crippen LogP contribution is 2.23. The molecular formula is C26H48NO2S+. The van der Waals surface area contributed by atoms with Gasteiger partial charge in [-0.3, -0.25) is 0 Å². The van der Waals surface area contributed by atoms with Crippen molar-refractivity contribution in [2.24, 2.45) is 0 Å². The Bertz CT molecular complexity index is 689. The molecule has 30 heavy (non-hydrogen) atoms. The molecule has 0 unspecified atom stereocenters. The van der Waals surface area contributed by atoms with Gasteiger partial charge in [-0.2, -0.15) is 8.42 Å². The van der Waals surface area contributed by atoms with Crippen molar-refractivity contribution in [3.8, 4) is 0 Å². The van der Waals surface area contributed by atoms with E-state index in [2.05, 4.69) is 13.8 Å². The van der Waals surface area contributed by atoms with Gasteiger partial charge in [-0.15, -0.1) is 0 Å². The molecule has 0 radical (unpaired) electrons. The average molecular weight is 439 g/mol. The summed E-state index contributed by atoms with van der Waals surface area (Å²) in [5.41, 5.74) is 2.38. The Morgan fingerprint density at radius 3 is 1.57 bits per heavy atom. The van der Waals surface area contributed by atoms with E-state index >= 15 is 0 Å². The molecule has 174 valence electrons. The fraction of sp³-hybridized carbons (Fsp3) is 0.769. The molecule has 0 spiro atoms. The number of sulfonamides is 1. The van der Waals surface area contributed by atoms with Gasteiger partial charge in [-0.25, -0.2) is 3.89 Å². The van der Waals surface area contributed by atoms with E-state index in [0.29, 0.717) is 4.90 Å². The molecule has 0 saturated heterocycles. The highest BCUT2D eigenvalue weighted by Gasteiger charge is 2.30. The van der Waals surface area contributed by atoms with Gasteiger partial charge in [0.15, 0.2) is 0 Å². The van der Waals surface area contributed by atoms with Gasteiger partial charge in [-0.1, -0.05) is 96.5 Å². The maximum absolute atomic E-state index is 12.7. The largest absolute Gasteiger partial charge is 0.326 e.